The van der Waals surface area contributed by atoms with Gasteiger partial charge >= 0.3 is 12.1 Å². The molecule has 0 unspecified atom stereocenters. The van der Waals surface area contributed by atoms with Crippen LogP contribution < -0.4 is 20.2 Å². The van der Waals surface area contributed by atoms with Crippen LogP contribution in [0.15, 0.2) is 88.1 Å². The Bertz CT molecular complexity index is 1490. The Morgan fingerprint density at radius 2 is 1.58 bits per heavy atom. The molecule has 0 aliphatic carbocycles. The number of esters is 1. The lowest BCUT2D eigenvalue weighted by molar-refractivity contribution is -0.136. The summed E-state index contributed by atoms with van der Waals surface area (Å²) in [7, 11) is 0. The highest BCUT2D eigenvalue weighted by atomic mass is 16.6. The number of para-hydroxylation sites is 1. The quantitative estimate of drug-likeness (QED) is 0.240. The molecule has 1 aromatic heterocycles. The van der Waals surface area contributed by atoms with E-state index in [4.69, 9.17) is 18.6 Å². The summed E-state index contributed by atoms with van der Waals surface area (Å²) in [5, 5.41) is 2.87. The maximum absolute atomic E-state index is 13.1. The molecule has 0 fully saturated rings. The molecule has 8 heteroatoms. The molecular weight excluding hydrogens is 486 g/mol. The number of alkyl carbamates (subject to hydrolysis) is 1. The molecule has 1 atom stereocenters. The van der Waals surface area contributed by atoms with Gasteiger partial charge in [-0.2, -0.15) is 0 Å². The van der Waals surface area contributed by atoms with Gasteiger partial charge in [0.25, 0.3) is 0 Å². The molecule has 3 aromatic carbocycles. The van der Waals surface area contributed by atoms with Gasteiger partial charge in [-0.1, -0.05) is 48.5 Å². The molecular formula is C30H29NO7. The highest BCUT2D eigenvalue weighted by Gasteiger charge is 2.27. The van der Waals surface area contributed by atoms with Crippen molar-refractivity contribution in [2.75, 3.05) is 0 Å². The minimum Gasteiger partial charge on any atom is -0.457 e. The lowest BCUT2D eigenvalue weighted by Crippen LogP contribution is -2.46. The average Bonchev–Trinajstić information content (AvgIpc) is 2.86. The normalized spacial score (nSPS) is 12.0. The molecule has 0 radical (unpaired) electrons. The zero-order valence-corrected chi connectivity index (χ0v) is 21.6. The summed E-state index contributed by atoms with van der Waals surface area (Å²) in [5.41, 5.74) is -0.0178. The molecule has 0 saturated heterocycles. The van der Waals surface area contributed by atoms with Crippen LogP contribution >= 0.6 is 0 Å². The van der Waals surface area contributed by atoms with E-state index in [-0.39, 0.29) is 40.1 Å². The van der Waals surface area contributed by atoms with Crippen molar-refractivity contribution in [1.82, 2.24) is 5.32 Å². The van der Waals surface area contributed by atoms with Gasteiger partial charge in [0.2, 0.25) is 11.2 Å². The lowest BCUT2D eigenvalue weighted by atomic mass is 10.1. The molecule has 0 bridgehead atoms. The fraction of sp³-hybridized carbons (Fsp3) is 0.233. The van der Waals surface area contributed by atoms with E-state index >= 15 is 0 Å². The number of aryl methyl sites for hydroxylation is 1. The van der Waals surface area contributed by atoms with Gasteiger partial charge in [0.15, 0.2) is 0 Å². The minimum absolute atomic E-state index is 0.0814. The van der Waals surface area contributed by atoms with Crippen molar-refractivity contribution in [2.45, 2.75) is 45.8 Å². The first kappa shape index (κ1) is 26.5. The van der Waals surface area contributed by atoms with Crippen molar-refractivity contribution in [2.24, 2.45) is 0 Å². The highest BCUT2D eigenvalue weighted by molar-refractivity contribution is 5.85. The monoisotopic (exact) mass is 515 g/mol. The van der Waals surface area contributed by atoms with Gasteiger partial charge in [-0.3, -0.25) is 4.79 Å². The molecule has 38 heavy (non-hydrogen) atoms. The summed E-state index contributed by atoms with van der Waals surface area (Å²) in [6, 6.07) is 21.6. The van der Waals surface area contributed by atoms with Gasteiger partial charge in [-0.05, 0) is 57.5 Å². The predicted octanol–water partition coefficient (Wildman–Crippen LogP) is 5.94. The maximum Gasteiger partial charge on any atom is 0.408 e. The topological polar surface area (TPSA) is 104 Å². The van der Waals surface area contributed by atoms with Gasteiger partial charge in [0.1, 0.15) is 34.5 Å². The van der Waals surface area contributed by atoms with Crippen LogP contribution in [0.4, 0.5) is 4.79 Å². The van der Waals surface area contributed by atoms with E-state index in [1.54, 1.807) is 52.0 Å². The van der Waals surface area contributed by atoms with Crippen molar-refractivity contribution >= 4 is 23.0 Å². The van der Waals surface area contributed by atoms with Crippen LogP contribution in [-0.4, -0.2) is 23.7 Å². The van der Waals surface area contributed by atoms with Gasteiger partial charge in [-0.25, -0.2) is 9.59 Å². The number of hydrogen-bond donors (Lipinski definition) is 1. The van der Waals surface area contributed by atoms with Crippen molar-refractivity contribution < 1.29 is 28.2 Å². The number of benzene rings is 3. The number of amides is 1. The number of fused-ring (bicyclic) bond motifs is 1. The Labute approximate surface area is 220 Å². The molecule has 0 spiro atoms. The van der Waals surface area contributed by atoms with Crippen molar-refractivity contribution in [3.8, 4) is 17.2 Å². The van der Waals surface area contributed by atoms with E-state index in [0.717, 1.165) is 5.56 Å². The predicted molar refractivity (Wildman–Crippen MR) is 143 cm³/mol. The second-order valence-electron chi connectivity index (χ2n) is 9.70. The molecule has 4 aromatic rings. The molecule has 8 nitrogen and oxygen atoms in total. The zero-order chi connectivity index (χ0) is 27.3. The van der Waals surface area contributed by atoms with Crippen molar-refractivity contribution in [1.29, 1.82) is 0 Å². The summed E-state index contributed by atoms with van der Waals surface area (Å²) < 4.78 is 22.5. The molecule has 0 saturated carbocycles. The van der Waals surface area contributed by atoms with Crippen molar-refractivity contribution in [3.63, 3.8) is 0 Å². The number of rotatable bonds is 7. The van der Waals surface area contributed by atoms with Crippen LogP contribution in [0, 0.1) is 6.92 Å². The summed E-state index contributed by atoms with van der Waals surface area (Å²) in [6.45, 7) is 6.83. The van der Waals surface area contributed by atoms with Gasteiger partial charge in [0, 0.05) is 12.5 Å². The molecule has 1 heterocycles. The largest absolute Gasteiger partial charge is 0.457 e. The Morgan fingerprint density at radius 3 is 2.24 bits per heavy atom. The average molecular weight is 516 g/mol. The van der Waals surface area contributed by atoms with Gasteiger partial charge in [0.05, 0.1) is 5.39 Å². The summed E-state index contributed by atoms with van der Waals surface area (Å²) >= 11 is 0. The standard InChI is InChI=1S/C30H29NO7/c1-19-27(36-21-13-9-6-10-14-21)26(32)23-16-15-22(18-25(23)35-19)37-28(33)24(17-20-11-7-5-8-12-20)31-29(34)38-30(2,3)4/h5-16,18,24H,17H2,1-4H3,(H,31,34)/t24-/m1/s1. The van der Waals surface area contributed by atoms with E-state index < -0.39 is 23.7 Å². The maximum atomic E-state index is 13.1. The Morgan fingerprint density at radius 1 is 0.921 bits per heavy atom. The summed E-state index contributed by atoms with van der Waals surface area (Å²) in [6.07, 6.45) is -0.539. The first-order valence-corrected chi connectivity index (χ1v) is 12.1. The number of carbonyl (C=O) groups excluding carboxylic acids is 2. The Balaban J connectivity index is 1.57. The molecule has 0 aliphatic heterocycles. The number of carbonyl (C=O) groups is 2. The highest BCUT2D eigenvalue weighted by Crippen LogP contribution is 2.27. The van der Waals surface area contributed by atoms with Crippen molar-refractivity contribution in [3.05, 3.63) is 100 Å². The Kier molecular flexibility index (Phi) is 7.81. The van der Waals surface area contributed by atoms with Crippen LogP contribution in [0.2, 0.25) is 0 Å². The van der Waals surface area contributed by atoms with Gasteiger partial charge < -0.3 is 23.9 Å². The van der Waals surface area contributed by atoms with E-state index in [9.17, 15) is 14.4 Å². The molecule has 4 rings (SSSR count). The summed E-state index contributed by atoms with van der Waals surface area (Å²) in [5.74, 6) is 0.337. The first-order chi connectivity index (χ1) is 18.1. The van der Waals surface area contributed by atoms with E-state index in [2.05, 4.69) is 5.32 Å². The third kappa shape index (κ3) is 6.79. The summed E-state index contributed by atoms with van der Waals surface area (Å²) in [4.78, 5) is 38.6. The van der Waals surface area contributed by atoms with Crippen LogP contribution in [0.5, 0.6) is 17.2 Å². The Hall–Kier alpha value is -4.59. The molecule has 1 amide bonds. The zero-order valence-electron chi connectivity index (χ0n) is 21.6. The number of ether oxygens (including phenoxy) is 3. The fourth-order valence-corrected chi connectivity index (χ4v) is 3.74. The molecule has 196 valence electrons. The van der Waals surface area contributed by atoms with E-state index in [1.807, 2.05) is 36.4 Å². The number of hydrogen-bond acceptors (Lipinski definition) is 7. The van der Waals surface area contributed by atoms with E-state index in [0.29, 0.717) is 5.75 Å². The molecule has 0 aliphatic rings. The number of nitrogens with one attached hydrogen (secondary N) is 1. The fourth-order valence-electron chi connectivity index (χ4n) is 3.74. The third-order valence-electron chi connectivity index (χ3n) is 5.43. The second-order valence-corrected chi connectivity index (χ2v) is 9.70. The molecule has 1 N–H and O–H groups in total. The van der Waals surface area contributed by atoms with Crippen LogP contribution in [0.1, 0.15) is 32.1 Å². The van der Waals surface area contributed by atoms with E-state index in [1.165, 1.54) is 18.2 Å². The van der Waals surface area contributed by atoms with Crippen LogP contribution in [-0.2, 0) is 16.0 Å². The first-order valence-electron chi connectivity index (χ1n) is 12.1. The minimum atomic E-state index is -1.02. The van der Waals surface area contributed by atoms with Crippen LogP contribution in [0.25, 0.3) is 11.0 Å². The SMILES string of the molecule is Cc1oc2cc(OC(=O)[C@@H](Cc3ccccc3)NC(=O)OC(C)(C)C)ccc2c(=O)c1Oc1ccccc1. The second kappa shape index (κ2) is 11.2. The van der Waals surface area contributed by atoms with Gasteiger partial charge in [-0.15, -0.1) is 0 Å². The lowest BCUT2D eigenvalue weighted by Gasteiger charge is -2.23. The van der Waals surface area contributed by atoms with Crippen LogP contribution in [0.3, 0.4) is 0 Å². The smallest absolute Gasteiger partial charge is 0.408 e. The third-order valence-corrected chi connectivity index (χ3v) is 5.43.